The highest BCUT2D eigenvalue weighted by Gasteiger charge is 2.00. The quantitative estimate of drug-likeness (QED) is 0.437. The molecule has 0 saturated heterocycles. The molecule has 0 rings (SSSR count). The van der Waals surface area contributed by atoms with Crippen LogP contribution in [-0.4, -0.2) is 50.1 Å². The molecule has 0 radical (unpaired) electrons. The van der Waals surface area contributed by atoms with Crippen LogP contribution in [0.25, 0.3) is 0 Å². The molecule has 0 aliphatic carbocycles. The lowest BCUT2D eigenvalue weighted by molar-refractivity contribution is -0.148. The number of carbonyl (C=O) groups excluding carboxylic acids is 1. The summed E-state index contributed by atoms with van der Waals surface area (Å²) in [5.74, 6) is -1.40. The number of esters is 1. The molecule has 0 aromatic heterocycles. The summed E-state index contributed by atoms with van der Waals surface area (Å²) in [6.07, 6.45) is 0.548. The van der Waals surface area contributed by atoms with Crippen molar-refractivity contribution in [2.24, 2.45) is 0 Å². The lowest BCUT2D eigenvalue weighted by Gasteiger charge is -2.04. The highest BCUT2D eigenvalue weighted by molar-refractivity contribution is 5.70. The van der Waals surface area contributed by atoms with E-state index < -0.39 is 11.9 Å². The van der Waals surface area contributed by atoms with Crippen molar-refractivity contribution in [1.82, 2.24) is 0 Å². The Bertz CT molecular complexity index is 191. The summed E-state index contributed by atoms with van der Waals surface area (Å²) in [5, 5.41) is 8.23. The van der Waals surface area contributed by atoms with Crippen molar-refractivity contribution in [1.29, 1.82) is 0 Å². The Morgan fingerprint density at radius 3 is 2.27 bits per heavy atom. The van der Waals surface area contributed by atoms with Gasteiger partial charge in [-0.25, -0.2) is 9.59 Å². The first-order valence-electron chi connectivity index (χ1n) is 4.69. The van der Waals surface area contributed by atoms with Gasteiger partial charge in [0.2, 0.25) is 0 Å². The van der Waals surface area contributed by atoms with Crippen molar-refractivity contribution in [3.8, 4) is 0 Å². The van der Waals surface area contributed by atoms with E-state index in [2.05, 4.69) is 4.74 Å². The van der Waals surface area contributed by atoms with Gasteiger partial charge in [-0.2, -0.15) is 0 Å². The summed E-state index contributed by atoms with van der Waals surface area (Å²) in [5.41, 5.74) is 0. The first-order valence-corrected chi connectivity index (χ1v) is 4.69. The molecule has 0 unspecified atom stereocenters. The van der Waals surface area contributed by atoms with Crippen LogP contribution in [0.4, 0.5) is 0 Å². The normalized spacial score (nSPS) is 9.93. The molecule has 0 spiro atoms. The summed E-state index contributed by atoms with van der Waals surface area (Å²) in [4.78, 5) is 20.8. The summed E-state index contributed by atoms with van der Waals surface area (Å²) >= 11 is 0. The zero-order valence-corrected chi connectivity index (χ0v) is 8.73. The number of carbonyl (C=O) groups is 2. The van der Waals surface area contributed by atoms with Gasteiger partial charge >= 0.3 is 11.9 Å². The second-order valence-electron chi connectivity index (χ2n) is 2.66. The van der Waals surface area contributed by atoms with E-state index in [1.807, 2.05) is 0 Å². The number of hydrogen-bond acceptors (Lipinski definition) is 5. The van der Waals surface area contributed by atoms with E-state index in [0.717, 1.165) is 0 Å². The molecule has 0 aromatic rings. The molecule has 6 heteroatoms. The fourth-order valence-corrected chi connectivity index (χ4v) is 0.781. The Morgan fingerprint density at radius 1 is 1.13 bits per heavy atom. The standard InChI is InChI=1S/C9H16O6/c1-2-15-9(12)7-14-5-3-4-13-6-8(10)11/h2-7H2,1H3,(H,10,11). The molecule has 0 atom stereocenters. The van der Waals surface area contributed by atoms with E-state index in [1.165, 1.54) is 0 Å². The van der Waals surface area contributed by atoms with Crippen LogP contribution in [0.2, 0.25) is 0 Å². The fraction of sp³-hybridized carbons (Fsp3) is 0.778. The topological polar surface area (TPSA) is 82.1 Å². The van der Waals surface area contributed by atoms with Crippen LogP contribution in [-0.2, 0) is 23.8 Å². The van der Waals surface area contributed by atoms with Gasteiger partial charge < -0.3 is 19.3 Å². The van der Waals surface area contributed by atoms with Gasteiger partial charge in [-0.3, -0.25) is 0 Å². The minimum atomic E-state index is -0.998. The summed E-state index contributed by atoms with van der Waals surface area (Å²) in [6, 6.07) is 0. The molecule has 0 aliphatic heterocycles. The molecule has 6 nitrogen and oxygen atoms in total. The van der Waals surface area contributed by atoms with Crippen molar-refractivity contribution < 1.29 is 28.9 Å². The van der Waals surface area contributed by atoms with Crippen molar-refractivity contribution >= 4 is 11.9 Å². The number of carboxylic acids is 1. The molecule has 0 aliphatic rings. The average molecular weight is 220 g/mol. The van der Waals surface area contributed by atoms with Gasteiger partial charge in [0, 0.05) is 13.2 Å². The zero-order chi connectivity index (χ0) is 11.5. The molecule has 0 aromatic carbocycles. The van der Waals surface area contributed by atoms with E-state index in [1.54, 1.807) is 6.92 Å². The van der Waals surface area contributed by atoms with Crippen molar-refractivity contribution in [2.45, 2.75) is 13.3 Å². The molecule has 0 heterocycles. The molecule has 0 amide bonds. The molecule has 0 saturated carbocycles. The van der Waals surface area contributed by atoms with Crippen molar-refractivity contribution in [2.75, 3.05) is 33.0 Å². The van der Waals surface area contributed by atoms with Crippen LogP contribution < -0.4 is 0 Å². The first kappa shape index (κ1) is 13.9. The summed E-state index contributed by atoms with van der Waals surface area (Å²) < 4.78 is 14.3. The average Bonchev–Trinajstić information content (AvgIpc) is 2.16. The fourth-order valence-electron chi connectivity index (χ4n) is 0.781. The predicted octanol–water partition coefficient (Wildman–Crippen LogP) is 0.0574. The third-order valence-corrected chi connectivity index (χ3v) is 1.33. The van der Waals surface area contributed by atoms with E-state index >= 15 is 0 Å². The number of rotatable bonds is 9. The van der Waals surface area contributed by atoms with Crippen LogP contribution in [0.5, 0.6) is 0 Å². The molecular weight excluding hydrogens is 204 g/mol. The molecule has 0 bridgehead atoms. The second-order valence-corrected chi connectivity index (χ2v) is 2.66. The molecule has 88 valence electrons. The van der Waals surface area contributed by atoms with Crippen LogP contribution in [0.3, 0.4) is 0 Å². The van der Waals surface area contributed by atoms with Gasteiger partial charge in [-0.15, -0.1) is 0 Å². The predicted molar refractivity (Wildman–Crippen MR) is 50.5 cm³/mol. The minimum Gasteiger partial charge on any atom is -0.480 e. The van der Waals surface area contributed by atoms with E-state index in [0.29, 0.717) is 26.2 Å². The van der Waals surface area contributed by atoms with Crippen LogP contribution in [0.15, 0.2) is 0 Å². The molecule has 0 fully saturated rings. The summed E-state index contributed by atoms with van der Waals surface area (Å²) in [7, 11) is 0. The molecule has 1 N–H and O–H groups in total. The Kier molecular flexibility index (Phi) is 8.70. The van der Waals surface area contributed by atoms with Gasteiger partial charge in [0.25, 0.3) is 0 Å². The van der Waals surface area contributed by atoms with E-state index in [4.69, 9.17) is 14.6 Å². The molecule has 15 heavy (non-hydrogen) atoms. The first-order chi connectivity index (χ1) is 7.16. The highest BCUT2D eigenvalue weighted by atomic mass is 16.6. The Morgan fingerprint density at radius 2 is 1.73 bits per heavy atom. The number of hydrogen-bond donors (Lipinski definition) is 1. The van der Waals surface area contributed by atoms with Gasteiger partial charge in [0.05, 0.1) is 6.61 Å². The van der Waals surface area contributed by atoms with Crippen molar-refractivity contribution in [3.63, 3.8) is 0 Å². The lowest BCUT2D eigenvalue weighted by atomic mass is 10.5. The maximum absolute atomic E-state index is 10.8. The van der Waals surface area contributed by atoms with Gasteiger partial charge in [0.1, 0.15) is 13.2 Å². The van der Waals surface area contributed by atoms with Crippen LogP contribution in [0.1, 0.15) is 13.3 Å². The maximum Gasteiger partial charge on any atom is 0.332 e. The monoisotopic (exact) mass is 220 g/mol. The largest absolute Gasteiger partial charge is 0.480 e. The van der Waals surface area contributed by atoms with E-state index in [9.17, 15) is 9.59 Å². The van der Waals surface area contributed by atoms with Gasteiger partial charge in [-0.1, -0.05) is 0 Å². The van der Waals surface area contributed by atoms with Crippen LogP contribution >= 0.6 is 0 Å². The van der Waals surface area contributed by atoms with E-state index in [-0.39, 0.29) is 13.2 Å². The third-order valence-electron chi connectivity index (χ3n) is 1.33. The third kappa shape index (κ3) is 10.8. The number of ether oxygens (including phenoxy) is 3. The van der Waals surface area contributed by atoms with Crippen molar-refractivity contribution in [3.05, 3.63) is 0 Å². The van der Waals surface area contributed by atoms with Gasteiger partial charge in [0.15, 0.2) is 0 Å². The second kappa shape index (κ2) is 9.42. The SMILES string of the molecule is CCOC(=O)COCCCOCC(=O)O. The summed E-state index contributed by atoms with van der Waals surface area (Å²) in [6.45, 7) is 2.32. The number of aliphatic carboxylic acids is 1. The highest BCUT2D eigenvalue weighted by Crippen LogP contribution is 1.87. The lowest BCUT2D eigenvalue weighted by Crippen LogP contribution is -2.14. The molecular formula is C9H16O6. The van der Waals surface area contributed by atoms with Crippen LogP contribution in [0, 0.1) is 0 Å². The maximum atomic E-state index is 10.8. The Labute approximate surface area is 88.1 Å². The zero-order valence-electron chi connectivity index (χ0n) is 8.73. The number of carboxylic acid groups (broad SMARTS) is 1. The van der Waals surface area contributed by atoms with Gasteiger partial charge in [-0.05, 0) is 13.3 Å². The minimum absolute atomic E-state index is 0.0766. The Hall–Kier alpha value is -1.14. The smallest absolute Gasteiger partial charge is 0.332 e. The Balaban J connectivity index is 3.11.